The van der Waals surface area contributed by atoms with Crippen LogP contribution in [0.2, 0.25) is 5.28 Å². The van der Waals surface area contributed by atoms with E-state index in [2.05, 4.69) is 20.4 Å². The van der Waals surface area contributed by atoms with Gasteiger partial charge in [0.15, 0.2) is 5.69 Å². The zero-order valence-corrected chi connectivity index (χ0v) is 16.1. The second kappa shape index (κ2) is 8.08. The monoisotopic (exact) mass is 424 g/mol. The molecule has 0 unspecified atom stereocenters. The summed E-state index contributed by atoms with van der Waals surface area (Å²) in [7, 11) is 1.43. The number of benzene rings is 1. The third-order valence-corrected chi connectivity index (χ3v) is 4.24. The highest BCUT2D eigenvalue weighted by molar-refractivity contribution is 6.28. The van der Waals surface area contributed by atoms with Crippen LogP contribution in [0.5, 0.6) is 5.75 Å². The van der Waals surface area contributed by atoms with Crippen molar-refractivity contribution in [2.45, 2.75) is 19.6 Å². The zero-order chi connectivity index (χ0) is 21.2. The first-order valence-corrected chi connectivity index (χ1v) is 8.68. The molecule has 0 aliphatic carbocycles. The Balaban J connectivity index is 1.88. The van der Waals surface area contributed by atoms with E-state index in [1.54, 1.807) is 18.2 Å². The van der Waals surface area contributed by atoms with Gasteiger partial charge in [0.25, 0.3) is 0 Å². The van der Waals surface area contributed by atoms with Crippen LogP contribution in [-0.2, 0) is 12.7 Å². The standard InChI is InChI=1S/C18H16ClF3N6O/c1-10-5-15(18(20,21)22)27-28(10)13-4-3-11(6-14(13)29-2)8-24-16-12(7-23)9-25-17(19)26-16/h3-7,9,23H,8H2,1-2H3,(H,24,25,26). The van der Waals surface area contributed by atoms with Crippen molar-refractivity contribution in [3.05, 3.63) is 58.3 Å². The molecule has 0 fully saturated rings. The first-order valence-electron chi connectivity index (χ1n) is 8.31. The number of nitrogens with zero attached hydrogens (tertiary/aromatic N) is 4. The number of aromatic nitrogens is 4. The van der Waals surface area contributed by atoms with E-state index >= 15 is 0 Å². The highest BCUT2D eigenvalue weighted by Gasteiger charge is 2.34. The Morgan fingerprint density at radius 2 is 2.07 bits per heavy atom. The molecule has 7 nitrogen and oxygen atoms in total. The predicted octanol–water partition coefficient (Wildman–Crippen LogP) is 4.26. The van der Waals surface area contributed by atoms with E-state index in [-0.39, 0.29) is 5.28 Å². The number of rotatable bonds is 6. The number of halogens is 4. The third kappa shape index (κ3) is 4.48. The Morgan fingerprint density at radius 3 is 2.69 bits per heavy atom. The summed E-state index contributed by atoms with van der Waals surface area (Å²) in [6.45, 7) is 1.85. The SMILES string of the molecule is COc1cc(CNc2nc(Cl)ncc2C=N)ccc1-n1nc(C(F)(F)F)cc1C. The van der Waals surface area contributed by atoms with Crippen LogP contribution in [0.25, 0.3) is 5.69 Å². The maximum Gasteiger partial charge on any atom is 0.435 e. The Bertz CT molecular complexity index is 1050. The summed E-state index contributed by atoms with van der Waals surface area (Å²) in [5.41, 5.74) is 0.979. The Labute approximate surface area is 169 Å². The van der Waals surface area contributed by atoms with Crippen molar-refractivity contribution in [2.75, 3.05) is 12.4 Å². The Hall–Kier alpha value is -3.14. The Morgan fingerprint density at radius 1 is 1.31 bits per heavy atom. The van der Waals surface area contributed by atoms with Crippen LogP contribution in [-0.4, -0.2) is 33.1 Å². The molecule has 11 heteroatoms. The van der Waals surface area contributed by atoms with E-state index in [4.69, 9.17) is 21.7 Å². The zero-order valence-electron chi connectivity index (χ0n) is 15.4. The minimum atomic E-state index is -4.53. The smallest absolute Gasteiger partial charge is 0.435 e. The Kier molecular flexibility index (Phi) is 5.73. The molecule has 3 aromatic rings. The minimum absolute atomic E-state index is 0.0423. The van der Waals surface area contributed by atoms with Gasteiger partial charge < -0.3 is 15.5 Å². The van der Waals surface area contributed by atoms with Gasteiger partial charge in [0, 0.05) is 24.7 Å². The van der Waals surface area contributed by atoms with Gasteiger partial charge in [0.05, 0.1) is 12.7 Å². The number of aryl methyl sites for hydroxylation is 1. The maximum atomic E-state index is 12.9. The van der Waals surface area contributed by atoms with E-state index < -0.39 is 11.9 Å². The molecule has 0 bridgehead atoms. The van der Waals surface area contributed by atoms with Gasteiger partial charge in [-0.3, -0.25) is 0 Å². The van der Waals surface area contributed by atoms with E-state index in [1.165, 1.54) is 24.9 Å². The quantitative estimate of drug-likeness (QED) is 0.456. The van der Waals surface area contributed by atoms with Gasteiger partial charge in [0.1, 0.15) is 17.3 Å². The van der Waals surface area contributed by atoms with Gasteiger partial charge in [-0.15, -0.1) is 0 Å². The fraction of sp³-hybridized carbons (Fsp3) is 0.222. The lowest BCUT2D eigenvalue weighted by Gasteiger charge is -2.13. The summed E-state index contributed by atoms with van der Waals surface area (Å²) in [5, 5.41) is 14.1. The van der Waals surface area contributed by atoms with Crippen molar-refractivity contribution in [3.63, 3.8) is 0 Å². The molecule has 0 atom stereocenters. The molecule has 0 aliphatic rings. The molecular formula is C18H16ClF3N6O. The molecule has 2 N–H and O–H groups in total. The van der Waals surface area contributed by atoms with Crippen LogP contribution in [0.3, 0.4) is 0 Å². The van der Waals surface area contributed by atoms with Crippen molar-refractivity contribution >= 4 is 23.6 Å². The molecule has 0 saturated carbocycles. The number of anilines is 1. The average molecular weight is 425 g/mol. The molecule has 3 rings (SSSR count). The van der Waals surface area contributed by atoms with Gasteiger partial charge >= 0.3 is 6.18 Å². The lowest BCUT2D eigenvalue weighted by atomic mass is 10.1. The van der Waals surface area contributed by atoms with Crippen LogP contribution in [0.1, 0.15) is 22.5 Å². The van der Waals surface area contributed by atoms with E-state index in [0.717, 1.165) is 17.8 Å². The van der Waals surface area contributed by atoms with Crippen LogP contribution in [0, 0.1) is 12.3 Å². The van der Waals surface area contributed by atoms with Crippen LogP contribution in [0.4, 0.5) is 19.0 Å². The van der Waals surface area contributed by atoms with Crippen LogP contribution in [0.15, 0.2) is 30.5 Å². The molecule has 0 radical (unpaired) electrons. The van der Waals surface area contributed by atoms with Gasteiger partial charge in [0.2, 0.25) is 5.28 Å². The van der Waals surface area contributed by atoms with E-state index in [1.807, 2.05) is 0 Å². The molecule has 1 aromatic carbocycles. The fourth-order valence-electron chi connectivity index (χ4n) is 2.67. The van der Waals surface area contributed by atoms with Crippen LogP contribution < -0.4 is 10.1 Å². The lowest BCUT2D eigenvalue weighted by molar-refractivity contribution is -0.141. The number of alkyl halides is 3. The summed E-state index contributed by atoms with van der Waals surface area (Å²) in [4.78, 5) is 7.86. The topological polar surface area (TPSA) is 88.7 Å². The van der Waals surface area contributed by atoms with Crippen molar-refractivity contribution in [2.24, 2.45) is 0 Å². The number of ether oxygens (including phenoxy) is 1. The summed E-state index contributed by atoms with van der Waals surface area (Å²) in [6, 6.07) is 6.02. The lowest BCUT2D eigenvalue weighted by Crippen LogP contribution is -2.09. The third-order valence-electron chi connectivity index (χ3n) is 4.05. The molecule has 29 heavy (non-hydrogen) atoms. The number of hydrogen-bond acceptors (Lipinski definition) is 6. The molecule has 2 heterocycles. The van der Waals surface area contributed by atoms with Crippen molar-refractivity contribution in [1.29, 1.82) is 5.41 Å². The predicted molar refractivity (Wildman–Crippen MR) is 102 cm³/mol. The fourth-order valence-corrected chi connectivity index (χ4v) is 2.80. The molecular weight excluding hydrogens is 409 g/mol. The average Bonchev–Trinajstić information content (AvgIpc) is 3.08. The highest BCUT2D eigenvalue weighted by Crippen LogP contribution is 2.31. The minimum Gasteiger partial charge on any atom is -0.494 e. The van der Waals surface area contributed by atoms with Gasteiger partial charge in [-0.25, -0.2) is 14.6 Å². The largest absolute Gasteiger partial charge is 0.494 e. The normalized spacial score (nSPS) is 11.4. The summed E-state index contributed by atoms with van der Waals surface area (Å²) >= 11 is 5.79. The molecule has 152 valence electrons. The van der Waals surface area contributed by atoms with Crippen LogP contribution >= 0.6 is 11.6 Å². The van der Waals surface area contributed by atoms with Gasteiger partial charge in [-0.2, -0.15) is 18.3 Å². The van der Waals surface area contributed by atoms with Crippen molar-refractivity contribution in [1.82, 2.24) is 19.7 Å². The van der Waals surface area contributed by atoms with Gasteiger partial charge in [-0.05, 0) is 42.3 Å². The molecule has 2 aromatic heterocycles. The van der Waals surface area contributed by atoms with Crippen molar-refractivity contribution in [3.8, 4) is 11.4 Å². The molecule has 0 saturated heterocycles. The van der Waals surface area contributed by atoms with Crippen molar-refractivity contribution < 1.29 is 17.9 Å². The number of hydrogen-bond donors (Lipinski definition) is 2. The first kappa shape index (κ1) is 20.6. The summed E-state index contributed by atoms with van der Waals surface area (Å²) in [6.07, 6.45) is -2.01. The number of methoxy groups -OCH3 is 1. The number of nitrogens with one attached hydrogen (secondary N) is 2. The second-order valence-electron chi connectivity index (χ2n) is 6.03. The van der Waals surface area contributed by atoms with E-state index in [9.17, 15) is 13.2 Å². The van der Waals surface area contributed by atoms with E-state index in [0.29, 0.717) is 35.1 Å². The summed E-state index contributed by atoms with van der Waals surface area (Å²) in [5.74, 6) is 0.748. The first-order chi connectivity index (χ1) is 13.7. The maximum absolute atomic E-state index is 12.9. The second-order valence-corrected chi connectivity index (χ2v) is 6.37. The van der Waals surface area contributed by atoms with Gasteiger partial charge in [-0.1, -0.05) is 6.07 Å². The summed E-state index contributed by atoms with van der Waals surface area (Å²) < 4.78 is 45.4. The highest BCUT2D eigenvalue weighted by atomic mass is 35.5. The molecule has 0 aliphatic heterocycles. The molecule has 0 spiro atoms. The molecule has 0 amide bonds.